The Morgan fingerprint density at radius 3 is 2.45 bits per heavy atom. The highest BCUT2D eigenvalue weighted by Crippen LogP contribution is 2.38. The van der Waals surface area contributed by atoms with Gasteiger partial charge in [-0.1, -0.05) is 55.0 Å². The maximum Gasteiger partial charge on any atom is 0.216 e. The van der Waals surface area contributed by atoms with Crippen LogP contribution in [0.2, 0.25) is 0 Å². The first-order valence-corrected chi connectivity index (χ1v) is 11.8. The fraction of sp³-hybridized carbons (Fsp3) is 0.393. The molecule has 1 saturated heterocycles. The second kappa shape index (κ2) is 11.9. The number of nitrogens with one attached hydrogen (secondary N) is 2. The number of amides is 1. The van der Waals surface area contributed by atoms with Gasteiger partial charge in [0, 0.05) is 25.9 Å². The Bertz CT molecular complexity index is 1010. The van der Waals surface area contributed by atoms with E-state index in [1.165, 1.54) is 35.8 Å². The lowest BCUT2D eigenvalue weighted by atomic mass is 9.77. The largest absolute Gasteiger partial charge is 0.356 e. The van der Waals surface area contributed by atoms with Crippen LogP contribution in [-0.2, 0) is 4.79 Å². The first-order valence-electron chi connectivity index (χ1n) is 11.8. The van der Waals surface area contributed by atoms with E-state index in [1.54, 1.807) is 6.07 Å². The lowest BCUT2D eigenvalue weighted by Gasteiger charge is -2.33. The van der Waals surface area contributed by atoms with Crippen molar-refractivity contribution >= 4 is 11.5 Å². The van der Waals surface area contributed by atoms with E-state index in [9.17, 15) is 13.6 Å². The van der Waals surface area contributed by atoms with Crippen molar-refractivity contribution < 1.29 is 13.6 Å². The second-order valence-corrected chi connectivity index (χ2v) is 8.74. The van der Waals surface area contributed by atoms with Crippen LogP contribution < -0.4 is 10.6 Å². The van der Waals surface area contributed by atoms with Crippen molar-refractivity contribution in [3.8, 4) is 0 Å². The molecule has 2 atom stereocenters. The molecule has 2 aromatic rings. The molecule has 33 heavy (non-hydrogen) atoms. The van der Waals surface area contributed by atoms with E-state index in [0.29, 0.717) is 6.54 Å². The highest BCUT2D eigenvalue weighted by Gasteiger charge is 2.28. The van der Waals surface area contributed by atoms with Crippen LogP contribution in [0.3, 0.4) is 0 Å². The van der Waals surface area contributed by atoms with Gasteiger partial charge in [-0.2, -0.15) is 0 Å². The molecule has 3 nitrogen and oxygen atoms in total. The molecule has 1 aliphatic heterocycles. The highest BCUT2D eigenvalue weighted by molar-refractivity contribution is 5.77. The van der Waals surface area contributed by atoms with E-state index in [2.05, 4.69) is 60.9 Å². The number of carbonyl (C=O) groups is 1. The van der Waals surface area contributed by atoms with Crippen molar-refractivity contribution in [1.29, 1.82) is 0 Å². The maximum absolute atomic E-state index is 13.9. The van der Waals surface area contributed by atoms with Crippen molar-refractivity contribution in [1.82, 2.24) is 10.6 Å². The summed E-state index contributed by atoms with van der Waals surface area (Å²) in [6, 6.07) is 12.9. The predicted octanol–water partition coefficient (Wildman–Crippen LogP) is 6.09. The molecule has 0 spiro atoms. The quantitative estimate of drug-likeness (QED) is 0.476. The molecule has 176 valence electrons. The second-order valence-electron chi connectivity index (χ2n) is 8.74. The molecule has 1 fully saturated rings. The monoisotopic (exact) mass is 452 g/mol. The zero-order valence-corrected chi connectivity index (χ0v) is 19.8. The standard InChI is InChI=1S/C28H34F2N2O/c1-4-5-6-24(19(2)13-16-32-20(3)33)21-7-9-22(10-8-21)26-18-31-15-14-25(26)23-11-12-27(29)28(30)17-23/h5-12,17,25-26,31H,4,13-16,18H2,1-3H3,(H,32,33). The molecular weight excluding hydrogens is 418 g/mol. The minimum absolute atomic E-state index is 0.0190. The van der Waals surface area contributed by atoms with Gasteiger partial charge in [-0.15, -0.1) is 0 Å². The van der Waals surface area contributed by atoms with Crippen LogP contribution in [0.1, 0.15) is 68.6 Å². The summed E-state index contributed by atoms with van der Waals surface area (Å²) in [6.07, 6.45) is 6.92. The molecule has 1 heterocycles. The zero-order valence-electron chi connectivity index (χ0n) is 19.8. The van der Waals surface area contributed by atoms with Crippen LogP contribution in [0, 0.1) is 11.6 Å². The summed E-state index contributed by atoms with van der Waals surface area (Å²) in [4.78, 5) is 11.2. The van der Waals surface area contributed by atoms with E-state index in [1.807, 2.05) is 0 Å². The van der Waals surface area contributed by atoms with E-state index in [-0.39, 0.29) is 17.7 Å². The molecule has 0 aromatic heterocycles. The van der Waals surface area contributed by atoms with E-state index >= 15 is 0 Å². The number of rotatable bonds is 8. The number of hydrogen-bond donors (Lipinski definition) is 2. The molecule has 5 heteroatoms. The summed E-state index contributed by atoms with van der Waals surface area (Å²) in [5.74, 6) is -1.28. The Morgan fingerprint density at radius 2 is 1.79 bits per heavy atom. The third-order valence-corrected chi connectivity index (χ3v) is 6.36. The number of allylic oxidation sites excluding steroid dienone is 3. The van der Waals surface area contributed by atoms with Gasteiger partial charge in [0.1, 0.15) is 0 Å². The predicted molar refractivity (Wildman–Crippen MR) is 131 cm³/mol. The van der Waals surface area contributed by atoms with Crippen LogP contribution in [0.15, 0.2) is 60.2 Å². The minimum Gasteiger partial charge on any atom is -0.356 e. The average molecular weight is 453 g/mol. The van der Waals surface area contributed by atoms with Gasteiger partial charge in [-0.3, -0.25) is 4.79 Å². The normalized spacial score (nSPS) is 19.4. The van der Waals surface area contributed by atoms with E-state index in [0.717, 1.165) is 43.5 Å². The highest BCUT2D eigenvalue weighted by atomic mass is 19.2. The van der Waals surface area contributed by atoms with Crippen LogP contribution in [-0.4, -0.2) is 25.5 Å². The van der Waals surface area contributed by atoms with Gasteiger partial charge in [-0.05, 0) is 73.0 Å². The van der Waals surface area contributed by atoms with Crippen LogP contribution in [0.5, 0.6) is 0 Å². The summed E-state index contributed by atoms with van der Waals surface area (Å²) in [6.45, 7) is 8.03. The lowest BCUT2D eigenvalue weighted by molar-refractivity contribution is -0.118. The molecule has 0 aliphatic carbocycles. The van der Waals surface area contributed by atoms with Gasteiger partial charge < -0.3 is 10.6 Å². The van der Waals surface area contributed by atoms with Crippen molar-refractivity contribution in [3.63, 3.8) is 0 Å². The Labute approximate surface area is 196 Å². The number of benzene rings is 2. The molecule has 1 aliphatic rings. The van der Waals surface area contributed by atoms with Crippen molar-refractivity contribution in [2.75, 3.05) is 19.6 Å². The lowest BCUT2D eigenvalue weighted by Crippen LogP contribution is -2.34. The van der Waals surface area contributed by atoms with E-state index < -0.39 is 11.6 Å². The summed E-state index contributed by atoms with van der Waals surface area (Å²) < 4.78 is 27.3. The fourth-order valence-corrected chi connectivity index (χ4v) is 4.54. The number of hydrogen-bond acceptors (Lipinski definition) is 2. The van der Waals surface area contributed by atoms with Gasteiger partial charge in [0.25, 0.3) is 0 Å². The van der Waals surface area contributed by atoms with E-state index in [4.69, 9.17) is 0 Å². The summed E-state index contributed by atoms with van der Waals surface area (Å²) in [5.41, 5.74) is 5.57. The molecule has 3 rings (SSSR count). The van der Waals surface area contributed by atoms with Gasteiger partial charge in [0.05, 0.1) is 0 Å². The zero-order chi connectivity index (χ0) is 23.8. The molecule has 1 amide bonds. The van der Waals surface area contributed by atoms with Crippen LogP contribution >= 0.6 is 0 Å². The van der Waals surface area contributed by atoms with Crippen molar-refractivity contribution in [2.45, 2.75) is 51.9 Å². The molecule has 2 unspecified atom stereocenters. The Balaban J connectivity index is 1.85. The topological polar surface area (TPSA) is 41.1 Å². The fourth-order valence-electron chi connectivity index (χ4n) is 4.54. The smallest absolute Gasteiger partial charge is 0.216 e. The summed E-state index contributed by atoms with van der Waals surface area (Å²) in [7, 11) is 0. The van der Waals surface area contributed by atoms with Gasteiger partial charge in [-0.25, -0.2) is 8.78 Å². The van der Waals surface area contributed by atoms with Gasteiger partial charge >= 0.3 is 0 Å². The molecule has 0 radical (unpaired) electrons. The van der Waals surface area contributed by atoms with Crippen LogP contribution in [0.4, 0.5) is 8.78 Å². The first kappa shape index (κ1) is 24.8. The summed E-state index contributed by atoms with van der Waals surface area (Å²) >= 11 is 0. The number of carbonyl (C=O) groups excluding carboxylic acids is 1. The summed E-state index contributed by atoms with van der Waals surface area (Å²) in [5, 5.41) is 6.32. The van der Waals surface area contributed by atoms with Gasteiger partial charge in [0.15, 0.2) is 11.6 Å². The van der Waals surface area contributed by atoms with Crippen LogP contribution in [0.25, 0.3) is 5.57 Å². The molecular formula is C28H34F2N2O. The Hall–Kier alpha value is -2.79. The number of piperidine rings is 1. The third-order valence-electron chi connectivity index (χ3n) is 6.36. The number of halogens is 2. The Morgan fingerprint density at radius 1 is 1.06 bits per heavy atom. The molecule has 2 aromatic carbocycles. The Kier molecular flexibility index (Phi) is 8.95. The third kappa shape index (κ3) is 6.61. The average Bonchev–Trinajstić information content (AvgIpc) is 2.81. The van der Waals surface area contributed by atoms with Gasteiger partial charge in [0.2, 0.25) is 5.91 Å². The van der Waals surface area contributed by atoms with Crippen molar-refractivity contribution in [3.05, 3.63) is 88.5 Å². The maximum atomic E-state index is 13.9. The first-order chi connectivity index (χ1) is 15.9. The van der Waals surface area contributed by atoms with Crippen molar-refractivity contribution in [2.24, 2.45) is 0 Å². The molecule has 0 saturated carbocycles. The minimum atomic E-state index is -0.804. The SMILES string of the molecule is CCC=CC(=C(C)CCNC(C)=O)c1ccc(C2CNCCC2c2ccc(F)c(F)c2)cc1. The molecule has 2 N–H and O–H groups in total. The molecule has 0 bridgehead atoms.